The molecule has 1 atom stereocenters. The summed E-state index contributed by atoms with van der Waals surface area (Å²) in [5.41, 5.74) is -0.597. The number of hydrogen-bond acceptors (Lipinski definition) is 5. The summed E-state index contributed by atoms with van der Waals surface area (Å²) in [7, 11) is 3.27. The molecule has 1 rings (SSSR count). The monoisotopic (exact) mass is 316 g/mol. The third-order valence-electron chi connectivity index (χ3n) is 3.91. The molecule has 0 saturated heterocycles. The Morgan fingerprint density at radius 2 is 1.77 bits per heavy atom. The number of carbonyl (C=O) groups is 1. The fourth-order valence-electron chi connectivity index (χ4n) is 2.45. The zero-order chi connectivity index (χ0) is 16.8. The number of carbonyl (C=O) groups excluding carboxylic acids is 1. The first-order valence-electron chi connectivity index (χ1n) is 7.97. The maximum atomic E-state index is 11.8. The minimum Gasteiger partial charge on any atom is -0.444 e. The summed E-state index contributed by atoms with van der Waals surface area (Å²) in [4.78, 5) is 11.8. The van der Waals surface area contributed by atoms with E-state index in [2.05, 4.69) is 17.6 Å². The van der Waals surface area contributed by atoms with Crippen molar-refractivity contribution in [2.45, 2.75) is 64.4 Å². The van der Waals surface area contributed by atoms with Gasteiger partial charge in [0.05, 0.1) is 0 Å². The summed E-state index contributed by atoms with van der Waals surface area (Å²) < 4.78 is 15.7. The van der Waals surface area contributed by atoms with Crippen LogP contribution in [-0.4, -0.2) is 50.8 Å². The zero-order valence-corrected chi connectivity index (χ0v) is 14.8. The van der Waals surface area contributed by atoms with E-state index in [4.69, 9.17) is 14.2 Å². The lowest BCUT2D eigenvalue weighted by molar-refractivity contribution is -0.106. The average Bonchev–Trinajstić information content (AvgIpc) is 3.24. The van der Waals surface area contributed by atoms with Gasteiger partial charge in [0.25, 0.3) is 0 Å². The van der Waals surface area contributed by atoms with Crippen LogP contribution in [0.15, 0.2) is 0 Å². The Bertz CT molecular complexity index is 349. The van der Waals surface area contributed by atoms with Crippen molar-refractivity contribution >= 4 is 6.09 Å². The third kappa shape index (κ3) is 6.94. The van der Waals surface area contributed by atoms with Gasteiger partial charge in [0.1, 0.15) is 5.60 Å². The van der Waals surface area contributed by atoms with Crippen LogP contribution in [0.25, 0.3) is 0 Å². The van der Waals surface area contributed by atoms with Crippen LogP contribution in [0.2, 0.25) is 0 Å². The highest BCUT2D eigenvalue weighted by molar-refractivity contribution is 5.67. The Labute approximate surface area is 134 Å². The molecule has 0 aromatic rings. The van der Waals surface area contributed by atoms with Crippen LogP contribution in [0.3, 0.4) is 0 Å². The molecule has 130 valence electrons. The molecule has 0 aromatic heterocycles. The summed E-state index contributed by atoms with van der Waals surface area (Å²) in [6.07, 6.45) is 2.58. The lowest BCUT2D eigenvalue weighted by Gasteiger charge is -2.32. The molecule has 0 bridgehead atoms. The molecule has 0 aromatic carbocycles. The minimum atomic E-state index is -0.475. The molecule has 0 aliphatic heterocycles. The van der Waals surface area contributed by atoms with E-state index in [1.807, 2.05) is 20.8 Å². The average molecular weight is 316 g/mol. The Kier molecular flexibility index (Phi) is 7.09. The number of alkyl carbamates (subject to hydrolysis) is 1. The Balaban J connectivity index is 2.41. The zero-order valence-electron chi connectivity index (χ0n) is 14.8. The van der Waals surface area contributed by atoms with Crippen molar-refractivity contribution in [1.29, 1.82) is 0 Å². The summed E-state index contributed by atoms with van der Waals surface area (Å²) in [5, 5.41) is 6.43. The number of rotatable bonds is 9. The van der Waals surface area contributed by atoms with Crippen molar-refractivity contribution in [3.63, 3.8) is 0 Å². The van der Waals surface area contributed by atoms with E-state index in [1.54, 1.807) is 14.2 Å². The number of amides is 1. The first-order chi connectivity index (χ1) is 10.2. The van der Waals surface area contributed by atoms with Gasteiger partial charge in [0.15, 0.2) is 6.29 Å². The van der Waals surface area contributed by atoms with E-state index in [9.17, 15) is 4.79 Å². The lowest BCUT2D eigenvalue weighted by atomic mass is 9.95. The van der Waals surface area contributed by atoms with E-state index >= 15 is 0 Å². The molecule has 1 aliphatic rings. The minimum absolute atomic E-state index is 0.122. The number of hydrogen-bond donors (Lipinski definition) is 2. The molecular formula is C16H32N2O4. The van der Waals surface area contributed by atoms with Crippen molar-refractivity contribution in [3.8, 4) is 0 Å². The molecule has 0 unspecified atom stereocenters. The van der Waals surface area contributed by atoms with Crippen LogP contribution in [0.1, 0.15) is 47.0 Å². The Hall–Kier alpha value is -0.850. The molecule has 6 heteroatoms. The summed E-state index contributed by atoms with van der Waals surface area (Å²) in [6.45, 7) is 9.06. The maximum absolute atomic E-state index is 11.8. The predicted octanol–water partition coefficient (Wildman–Crippen LogP) is 2.28. The molecule has 22 heavy (non-hydrogen) atoms. The van der Waals surface area contributed by atoms with E-state index in [0.29, 0.717) is 12.5 Å². The second-order valence-electron chi connectivity index (χ2n) is 7.16. The van der Waals surface area contributed by atoms with Crippen LogP contribution >= 0.6 is 0 Å². The maximum Gasteiger partial charge on any atom is 0.407 e. The van der Waals surface area contributed by atoms with Gasteiger partial charge in [-0.15, -0.1) is 0 Å². The van der Waals surface area contributed by atoms with Gasteiger partial charge < -0.3 is 24.8 Å². The van der Waals surface area contributed by atoms with E-state index in [-0.39, 0.29) is 17.9 Å². The summed E-state index contributed by atoms with van der Waals surface area (Å²) >= 11 is 0. The first-order valence-corrected chi connectivity index (χ1v) is 7.97. The van der Waals surface area contributed by atoms with Crippen molar-refractivity contribution in [2.75, 3.05) is 27.3 Å². The van der Waals surface area contributed by atoms with Crippen molar-refractivity contribution in [2.24, 2.45) is 5.92 Å². The Morgan fingerprint density at radius 1 is 1.18 bits per heavy atom. The third-order valence-corrected chi connectivity index (χ3v) is 3.91. The molecule has 1 aliphatic carbocycles. The standard InChI is InChI=1S/C16H32N2O4/c1-15(2,3)22-14(19)17-11-16(4,12-7-8-12)18-10-9-13(20-5)21-6/h12-13,18H,7-11H2,1-6H3,(H,17,19)/t16-/m0/s1. The first kappa shape index (κ1) is 19.2. The second kappa shape index (κ2) is 8.13. The van der Waals surface area contributed by atoms with Crippen molar-refractivity contribution in [3.05, 3.63) is 0 Å². The molecule has 6 nitrogen and oxygen atoms in total. The predicted molar refractivity (Wildman–Crippen MR) is 85.8 cm³/mol. The molecule has 0 heterocycles. The molecule has 1 saturated carbocycles. The van der Waals surface area contributed by atoms with Gasteiger partial charge in [-0.1, -0.05) is 0 Å². The summed E-state index contributed by atoms with van der Waals surface area (Å²) in [5.74, 6) is 0.589. The Morgan fingerprint density at radius 3 is 2.23 bits per heavy atom. The number of nitrogens with one attached hydrogen (secondary N) is 2. The highest BCUT2D eigenvalue weighted by Crippen LogP contribution is 2.39. The topological polar surface area (TPSA) is 68.8 Å². The van der Waals surface area contributed by atoms with Gasteiger partial charge >= 0.3 is 6.09 Å². The molecule has 0 radical (unpaired) electrons. The van der Waals surface area contributed by atoms with E-state index in [1.165, 1.54) is 12.8 Å². The van der Waals surface area contributed by atoms with Crippen LogP contribution < -0.4 is 10.6 Å². The SMILES string of the molecule is COC(CCN[C@@](C)(CNC(=O)OC(C)(C)C)C1CC1)OC. The lowest BCUT2D eigenvalue weighted by Crippen LogP contribution is -2.54. The highest BCUT2D eigenvalue weighted by Gasteiger charge is 2.41. The summed E-state index contributed by atoms with van der Waals surface area (Å²) in [6, 6.07) is 0. The van der Waals surface area contributed by atoms with Gasteiger partial charge in [0.2, 0.25) is 0 Å². The van der Waals surface area contributed by atoms with Crippen LogP contribution in [0, 0.1) is 5.92 Å². The molecule has 1 amide bonds. The number of ether oxygens (including phenoxy) is 3. The van der Waals surface area contributed by atoms with Gasteiger partial charge in [-0.05, 0) is 46.5 Å². The molecule has 0 spiro atoms. The van der Waals surface area contributed by atoms with Crippen LogP contribution in [0.5, 0.6) is 0 Å². The normalized spacial score (nSPS) is 18.1. The van der Waals surface area contributed by atoms with Gasteiger partial charge in [-0.2, -0.15) is 0 Å². The quantitative estimate of drug-likeness (QED) is 0.639. The molecule has 2 N–H and O–H groups in total. The van der Waals surface area contributed by atoms with Crippen LogP contribution in [0.4, 0.5) is 4.79 Å². The smallest absolute Gasteiger partial charge is 0.407 e. The van der Waals surface area contributed by atoms with E-state index in [0.717, 1.165) is 13.0 Å². The van der Waals surface area contributed by atoms with Gasteiger partial charge in [-0.25, -0.2) is 4.79 Å². The fraction of sp³-hybridized carbons (Fsp3) is 0.938. The van der Waals surface area contributed by atoms with Gasteiger partial charge in [0, 0.05) is 39.3 Å². The fourth-order valence-corrected chi connectivity index (χ4v) is 2.45. The second-order valence-corrected chi connectivity index (χ2v) is 7.16. The van der Waals surface area contributed by atoms with Crippen LogP contribution in [-0.2, 0) is 14.2 Å². The molecule has 1 fully saturated rings. The van der Waals surface area contributed by atoms with Gasteiger partial charge in [-0.3, -0.25) is 0 Å². The largest absolute Gasteiger partial charge is 0.444 e. The molecular weight excluding hydrogens is 284 g/mol. The highest BCUT2D eigenvalue weighted by atomic mass is 16.7. The number of methoxy groups -OCH3 is 2. The van der Waals surface area contributed by atoms with Crippen molar-refractivity contribution < 1.29 is 19.0 Å². The van der Waals surface area contributed by atoms with E-state index < -0.39 is 5.60 Å². The van der Waals surface area contributed by atoms with Crippen molar-refractivity contribution in [1.82, 2.24) is 10.6 Å².